The number of nitroso groups, excluding NO2 is 1. The van der Waals surface area contributed by atoms with Gasteiger partial charge in [0.15, 0.2) is 0 Å². The lowest BCUT2D eigenvalue weighted by molar-refractivity contribution is 0.140. The highest BCUT2D eigenvalue weighted by Crippen LogP contribution is 2.28. The zero-order chi connectivity index (χ0) is 6.97. The summed E-state index contributed by atoms with van der Waals surface area (Å²) >= 11 is 0. The summed E-state index contributed by atoms with van der Waals surface area (Å²) in [6, 6.07) is 0.308. The molecule has 2 unspecified atom stereocenters. The van der Waals surface area contributed by atoms with Gasteiger partial charge in [0, 0.05) is 6.54 Å². The Hall–Kier alpha value is -0.860. The molecular weight excluding hydrogens is 128 g/mol. The molecule has 3 aliphatic rings. The smallest absolute Gasteiger partial charge is 0.0683 e. The second-order valence-corrected chi connectivity index (χ2v) is 2.99. The van der Waals surface area contributed by atoms with Gasteiger partial charge in [-0.15, -0.1) is 4.91 Å². The first-order valence-electron chi connectivity index (χ1n) is 3.68. The first-order chi connectivity index (χ1) is 4.90. The van der Waals surface area contributed by atoms with E-state index in [4.69, 9.17) is 0 Å². The van der Waals surface area contributed by atoms with E-state index in [2.05, 4.69) is 17.4 Å². The number of hydrogen-bond donors (Lipinski definition) is 0. The second kappa shape index (κ2) is 2.08. The zero-order valence-corrected chi connectivity index (χ0v) is 5.73. The Bertz CT molecular complexity index is 178. The predicted molar refractivity (Wildman–Crippen MR) is 38.2 cm³/mol. The van der Waals surface area contributed by atoms with Gasteiger partial charge in [0.05, 0.1) is 11.3 Å². The van der Waals surface area contributed by atoms with Crippen LogP contribution in [-0.4, -0.2) is 17.6 Å². The minimum absolute atomic E-state index is 0.308. The molecule has 0 aromatic carbocycles. The van der Waals surface area contributed by atoms with E-state index < -0.39 is 0 Å². The summed E-state index contributed by atoms with van der Waals surface area (Å²) in [4.78, 5) is 10.2. The first kappa shape index (κ1) is 5.89. The van der Waals surface area contributed by atoms with Gasteiger partial charge in [-0.1, -0.05) is 12.2 Å². The topological polar surface area (TPSA) is 32.7 Å². The van der Waals surface area contributed by atoms with Crippen LogP contribution < -0.4 is 0 Å². The minimum atomic E-state index is 0.308. The maximum Gasteiger partial charge on any atom is 0.0683 e. The maximum absolute atomic E-state index is 10.2. The van der Waals surface area contributed by atoms with Crippen LogP contribution in [0.1, 0.15) is 12.8 Å². The molecule has 2 aliphatic heterocycles. The summed E-state index contributed by atoms with van der Waals surface area (Å²) in [6.45, 7) is 0.838. The molecule has 0 amide bonds. The van der Waals surface area contributed by atoms with Gasteiger partial charge in [-0.3, -0.25) is 5.01 Å². The average Bonchev–Trinajstić information content (AvgIpc) is 2.06. The molecule has 0 radical (unpaired) electrons. The monoisotopic (exact) mass is 138 g/mol. The lowest BCUT2D eigenvalue weighted by atomic mass is 9.87. The van der Waals surface area contributed by atoms with Crippen molar-refractivity contribution < 1.29 is 0 Å². The Morgan fingerprint density at radius 1 is 1.40 bits per heavy atom. The Kier molecular flexibility index (Phi) is 1.22. The summed E-state index contributed by atoms with van der Waals surface area (Å²) in [5, 5.41) is 4.61. The summed E-state index contributed by atoms with van der Waals surface area (Å²) in [6.07, 6.45) is 6.63. The SMILES string of the molecule is O=NN1CC2C=CC1CC2. The van der Waals surface area contributed by atoms with E-state index in [0.717, 1.165) is 13.0 Å². The molecule has 1 aliphatic carbocycles. The molecule has 2 bridgehead atoms. The van der Waals surface area contributed by atoms with Crippen molar-refractivity contribution in [1.82, 2.24) is 5.01 Å². The molecule has 3 rings (SSSR count). The summed E-state index contributed by atoms with van der Waals surface area (Å²) in [5.74, 6) is 0.586. The van der Waals surface area contributed by atoms with Gasteiger partial charge < -0.3 is 0 Å². The maximum atomic E-state index is 10.2. The summed E-state index contributed by atoms with van der Waals surface area (Å²) in [7, 11) is 0. The fourth-order valence-corrected chi connectivity index (χ4v) is 1.73. The normalized spacial score (nSPS) is 36.6. The Labute approximate surface area is 59.7 Å². The second-order valence-electron chi connectivity index (χ2n) is 2.99. The molecule has 2 heterocycles. The van der Waals surface area contributed by atoms with Crippen LogP contribution in [0.15, 0.2) is 17.4 Å². The number of rotatable bonds is 1. The minimum Gasteiger partial charge on any atom is -0.253 e. The van der Waals surface area contributed by atoms with Gasteiger partial charge in [0.25, 0.3) is 0 Å². The molecule has 0 aromatic heterocycles. The van der Waals surface area contributed by atoms with Gasteiger partial charge in [0.1, 0.15) is 0 Å². The van der Waals surface area contributed by atoms with Crippen molar-refractivity contribution >= 4 is 0 Å². The first-order valence-corrected chi connectivity index (χ1v) is 3.68. The molecule has 1 saturated heterocycles. The molecule has 0 N–H and O–H groups in total. The quantitative estimate of drug-likeness (QED) is 0.404. The Morgan fingerprint density at radius 2 is 2.30 bits per heavy atom. The van der Waals surface area contributed by atoms with Crippen molar-refractivity contribution in [2.45, 2.75) is 18.9 Å². The average molecular weight is 138 g/mol. The van der Waals surface area contributed by atoms with Gasteiger partial charge in [-0.05, 0) is 18.8 Å². The number of fused-ring (bicyclic) bond motifs is 2. The molecule has 0 saturated carbocycles. The molecule has 2 atom stereocenters. The Morgan fingerprint density at radius 3 is 2.60 bits per heavy atom. The van der Waals surface area contributed by atoms with E-state index in [9.17, 15) is 4.91 Å². The number of hydrogen-bond acceptors (Lipinski definition) is 2. The predicted octanol–water partition coefficient (Wildman–Crippen LogP) is 1.32. The van der Waals surface area contributed by atoms with Crippen LogP contribution >= 0.6 is 0 Å². The van der Waals surface area contributed by atoms with Crippen molar-refractivity contribution in [3.05, 3.63) is 17.1 Å². The van der Waals surface area contributed by atoms with E-state index in [1.165, 1.54) is 6.42 Å². The highest BCUT2D eigenvalue weighted by Gasteiger charge is 2.29. The van der Waals surface area contributed by atoms with E-state index in [-0.39, 0.29) is 0 Å². The lowest BCUT2D eigenvalue weighted by Gasteiger charge is -2.36. The van der Waals surface area contributed by atoms with Crippen molar-refractivity contribution in [1.29, 1.82) is 0 Å². The molecule has 10 heavy (non-hydrogen) atoms. The van der Waals surface area contributed by atoms with Crippen LogP contribution in [0.5, 0.6) is 0 Å². The third kappa shape index (κ3) is 0.735. The van der Waals surface area contributed by atoms with Crippen molar-refractivity contribution in [2.75, 3.05) is 6.54 Å². The van der Waals surface area contributed by atoms with Gasteiger partial charge >= 0.3 is 0 Å². The lowest BCUT2D eigenvalue weighted by Crippen LogP contribution is -2.41. The van der Waals surface area contributed by atoms with Gasteiger partial charge in [0.2, 0.25) is 0 Å². The molecule has 1 fully saturated rings. The summed E-state index contributed by atoms with van der Waals surface area (Å²) in [5.41, 5.74) is 0. The van der Waals surface area contributed by atoms with E-state index in [1.807, 2.05) is 0 Å². The van der Waals surface area contributed by atoms with E-state index in [0.29, 0.717) is 12.0 Å². The molecule has 3 heteroatoms. The van der Waals surface area contributed by atoms with Gasteiger partial charge in [-0.2, -0.15) is 0 Å². The Balaban J connectivity index is 2.18. The van der Waals surface area contributed by atoms with Crippen LogP contribution in [0.3, 0.4) is 0 Å². The standard InChI is InChI=1S/C7H10N2O/c10-8-9-5-6-1-3-7(9)4-2-6/h1,3,6-7H,2,4-5H2. The molecule has 54 valence electrons. The van der Waals surface area contributed by atoms with E-state index in [1.54, 1.807) is 5.01 Å². The molecule has 0 spiro atoms. The van der Waals surface area contributed by atoms with Crippen LogP contribution in [0, 0.1) is 10.8 Å². The fourth-order valence-electron chi connectivity index (χ4n) is 1.73. The largest absolute Gasteiger partial charge is 0.253 e. The van der Waals surface area contributed by atoms with E-state index >= 15 is 0 Å². The third-order valence-electron chi connectivity index (χ3n) is 2.35. The number of piperidine rings is 1. The van der Waals surface area contributed by atoms with Crippen molar-refractivity contribution in [2.24, 2.45) is 11.2 Å². The molecular formula is C7H10N2O. The highest BCUT2D eigenvalue weighted by molar-refractivity contribution is 5.07. The fraction of sp³-hybridized carbons (Fsp3) is 0.714. The van der Waals surface area contributed by atoms with Crippen LogP contribution in [-0.2, 0) is 0 Å². The highest BCUT2D eigenvalue weighted by atomic mass is 16.3. The van der Waals surface area contributed by atoms with Crippen LogP contribution in [0.4, 0.5) is 0 Å². The molecule has 3 nitrogen and oxygen atoms in total. The van der Waals surface area contributed by atoms with Crippen molar-refractivity contribution in [3.8, 4) is 0 Å². The zero-order valence-electron chi connectivity index (χ0n) is 5.73. The molecule has 0 aromatic rings. The number of nitrogens with zero attached hydrogens (tertiary/aromatic N) is 2. The van der Waals surface area contributed by atoms with Gasteiger partial charge in [-0.25, -0.2) is 0 Å². The summed E-state index contributed by atoms with van der Waals surface area (Å²) < 4.78 is 0. The van der Waals surface area contributed by atoms with Crippen LogP contribution in [0.2, 0.25) is 0 Å². The van der Waals surface area contributed by atoms with Crippen LogP contribution in [0.25, 0.3) is 0 Å². The third-order valence-corrected chi connectivity index (χ3v) is 2.35. The van der Waals surface area contributed by atoms with Crippen molar-refractivity contribution in [3.63, 3.8) is 0 Å².